The number of nitrogens with zero attached hydrogens (tertiary/aromatic N) is 2. The number of halogens is 2. The molecule has 0 spiro atoms. The van der Waals surface area contributed by atoms with E-state index in [1.807, 2.05) is 0 Å². The lowest BCUT2D eigenvalue weighted by Gasteiger charge is -2.31. The highest BCUT2D eigenvalue weighted by molar-refractivity contribution is 5.88. The lowest BCUT2D eigenvalue weighted by atomic mass is 10.0. The number of amides is 1. The zero-order valence-corrected chi connectivity index (χ0v) is 25.1. The average molecular weight is 520 g/mol. The molecule has 0 atom stereocenters. The molecule has 0 aliphatic rings. The molecule has 0 saturated carbocycles. The third-order valence-corrected chi connectivity index (χ3v) is 5.70. The standard InChI is InChI=1S/C28H51N3O.2ClH/c1-24(2)13-10-14-25(3)15-11-16-26(4)17-12-18-27(5)23-28(32)29-19-21-31(8,9)22-20-30(6)7;;/h13,15,17,23H,10-12,14,16,18-22H2,1-9H3;2*1H/p+1. The molecule has 0 aromatic rings. The molecule has 1 N–H and O–H groups in total. The molecule has 0 aromatic carbocycles. The molecule has 0 radical (unpaired) electrons. The van der Waals surface area contributed by atoms with Gasteiger partial charge in [0, 0.05) is 12.6 Å². The third-order valence-electron chi connectivity index (χ3n) is 5.70. The zero-order valence-electron chi connectivity index (χ0n) is 23.5. The Morgan fingerprint density at radius 1 is 0.765 bits per heavy atom. The number of carbonyl (C=O) groups excluding carboxylic acids is 1. The predicted octanol–water partition coefficient (Wildman–Crippen LogP) is 6.73. The highest BCUT2D eigenvalue weighted by Crippen LogP contribution is 2.13. The van der Waals surface area contributed by atoms with Gasteiger partial charge in [-0.05, 0) is 87.2 Å². The molecule has 0 saturated heterocycles. The Balaban J connectivity index is -0.00000480. The van der Waals surface area contributed by atoms with Crippen LogP contribution in [0.3, 0.4) is 0 Å². The lowest BCUT2D eigenvalue weighted by molar-refractivity contribution is -0.888. The summed E-state index contributed by atoms with van der Waals surface area (Å²) in [6.07, 6.45) is 15.3. The quantitative estimate of drug-likeness (QED) is 0.139. The molecule has 0 heterocycles. The second kappa shape index (κ2) is 21.2. The van der Waals surface area contributed by atoms with Gasteiger partial charge in [0.25, 0.3) is 0 Å². The van der Waals surface area contributed by atoms with E-state index in [1.165, 1.54) is 16.7 Å². The minimum Gasteiger partial charge on any atom is -0.347 e. The molecule has 0 aliphatic carbocycles. The van der Waals surface area contributed by atoms with Crippen molar-refractivity contribution in [3.05, 3.63) is 46.6 Å². The molecule has 0 bridgehead atoms. The molecule has 6 heteroatoms. The molecule has 0 aliphatic heterocycles. The van der Waals surface area contributed by atoms with Crippen LogP contribution >= 0.6 is 24.8 Å². The van der Waals surface area contributed by atoms with Gasteiger partial charge in [0.05, 0.1) is 33.7 Å². The van der Waals surface area contributed by atoms with Gasteiger partial charge in [0.1, 0.15) is 0 Å². The highest BCUT2D eigenvalue weighted by Gasteiger charge is 2.14. The van der Waals surface area contributed by atoms with Crippen LogP contribution in [0.15, 0.2) is 46.6 Å². The number of quaternary nitrogens is 1. The summed E-state index contributed by atoms with van der Waals surface area (Å²) < 4.78 is 0.912. The van der Waals surface area contributed by atoms with Crippen LogP contribution in [0, 0.1) is 0 Å². The van der Waals surface area contributed by atoms with Crippen LogP contribution in [0.4, 0.5) is 0 Å². The van der Waals surface area contributed by atoms with Gasteiger partial charge in [-0.15, -0.1) is 24.8 Å². The summed E-state index contributed by atoms with van der Waals surface area (Å²) in [5.74, 6) is 0.0320. The molecular formula is C28H54Cl2N3O+. The van der Waals surface area contributed by atoms with Crippen molar-refractivity contribution in [2.75, 3.05) is 54.4 Å². The molecule has 0 fully saturated rings. The summed E-state index contributed by atoms with van der Waals surface area (Å²) in [4.78, 5) is 14.4. The number of nitrogens with one attached hydrogen (secondary N) is 1. The van der Waals surface area contributed by atoms with Crippen LogP contribution < -0.4 is 5.32 Å². The number of rotatable bonds is 16. The van der Waals surface area contributed by atoms with Crippen molar-refractivity contribution in [1.82, 2.24) is 10.2 Å². The maximum atomic E-state index is 12.2. The van der Waals surface area contributed by atoms with Crippen molar-refractivity contribution >= 4 is 30.7 Å². The molecule has 34 heavy (non-hydrogen) atoms. The van der Waals surface area contributed by atoms with Gasteiger partial charge in [0.2, 0.25) is 5.91 Å². The number of hydrogen-bond donors (Lipinski definition) is 1. The Bertz CT molecular complexity index is 673. The first-order chi connectivity index (χ1) is 14.9. The number of likely N-dealkylation sites (N-methyl/N-ethyl adjacent to an activating group) is 2. The van der Waals surface area contributed by atoms with Crippen molar-refractivity contribution in [2.45, 2.75) is 73.1 Å². The Labute approximate surface area is 224 Å². The molecule has 0 unspecified atom stereocenters. The molecule has 200 valence electrons. The fourth-order valence-corrected chi connectivity index (χ4v) is 3.30. The van der Waals surface area contributed by atoms with E-state index in [0.29, 0.717) is 6.54 Å². The number of carbonyl (C=O) groups is 1. The summed E-state index contributed by atoms with van der Waals surface area (Å²) in [7, 11) is 8.62. The van der Waals surface area contributed by atoms with Crippen molar-refractivity contribution in [2.24, 2.45) is 0 Å². The normalized spacial score (nSPS) is 12.7. The van der Waals surface area contributed by atoms with Crippen LogP contribution in [-0.4, -0.2) is 69.7 Å². The van der Waals surface area contributed by atoms with Crippen molar-refractivity contribution in [3.63, 3.8) is 0 Å². The third kappa shape index (κ3) is 24.1. The second-order valence-corrected chi connectivity index (χ2v) is 10.5. The fourth-order valence-electron chi connectivity index (χ4n) is 3.30. The van der Waals surface area contributed by atoms with E-state index in [2.05, 4.69) is 91.3 Å². The van der Waals surface area contributed by atoms with Gasteiger partial charge < -0.3 is 14.7 Å². The van der Waals surface area contributed by atoms with Gasteiger partial charge in [-0.25, -0.2) is 0 Å². The van der Waals surface area contributed by atoms with Crippen LogP contribution in [0.25, 0.3) is 0 Å². The monoisotopic (exact) mass is 518 g/mol. The Kier molecular flexibility index (Phi) is 23.4. The smallest absolute Gasteiger partial charge is 0.244 e. The van der Waals surface area contributed by atoms with Crippen LogP contribution in [0.5, 0.6) is 0 Å². The van der Waals surface area contributed by atoms with Crippen molar-refractivity contribution in [3.8, 4) is 0 Å². The van der Waals surface area contributed by atoms with Crippen molar-refractivity contribution < 1.29 is 9.28 Å². The summed E-state index contributed by atoms with van der Waals surface area (Å²) >= 11 is 0. The Morgan fingerprint density at radius 3 is 1.71 bits per heavy atom. The van der Waals surface area contributed by atoms with Crippen LogP contribution in [-0.2, 0) is 4.79 Å². The van der Waals surface area contributed by atoms with Crippen molar-refractivity contribution in [1.29, 1.82) is 0 Å². The zero-order chi connectivity index (χ0) is 24.6. The van der Waals surface area contributed by atoms with E-state index < -0.39 is 0 Å². The van der Waals surface area contributed by atoms with E-state index in [4.69, 9.17) is 0 Å². The minimum absolute atomic E-state index is 0. The van der Waals surface area contributed by atoms with Gasteiger partial charge in [-0.1, -0.05) is 40.5 Å². The summed E-state index contributed by atoms with van der Waals surface area (Å²) in [5, 5.41) is 3.05. The Hall–Kier alpha value is -1.07. The molecule has 0 rings (SSSR count). The second-order valence-electron chi connectivity index (χ2n) is 10.5. The average Bonchev–Trinajstić information content (AvgIpc) is 2.66. The van der Waals surface area contributed by atoms with Crippen LogP contribution in [0.2, 0.25) is 0 Å². The van der Waals surface area contributed by atoms with E-state index in [1.54, 1.807) is 6.08 Å². The van der Waals surface area contributed by atoms with Crippen LogP contribution in [0.1, 0.15) is 73.1 Å². The molecule has 1 amide bonds. The van der Waals surface area contributed by atoms with Gasteiger partial charge in [-0.2, -0.15) is 0 Å². The first-order valence-electron chi connectivity index (χ1n) is 12.3. The highest BCUT2D eigenvalue weighted by atomic mass is 35.5. The fraction of sp³-hybridized carbons (Fsp3) is 0.679. The van der Waals surface area contributed by atoms with Gasteiger partial charge in [-0.3, -0.25) is 4.79 Å². The summed E-state index contributed by atoms with van der Waals surface area (Å²) in [5.41, 5.74) is 5.47. The number of hydrogen-bond acceptors (Lipinski definition) is 2. The maximum Gasteiger partial charge on any atom is 0.244 e. The predicted molar refractivity (Wildman–Crippen MR) is 156 cm³/mol. The van der Waals surface area contributed by atoms with E-state index in [0.717, 1.165) is 68.2 Å². The Morgan fingerprint density at radius 2 is 1.24 bits per heavy atom. The first-order valence-corrected chi connectivity index (χ1v) is 12.3. The molecular weight excluding hydrogens is 465 g/mol. The van der Waals surface area contributed by atoms with Gasteiger partial charge >= 0.3 is 0 Å². The van der Waals surface area contributed by atoms with E-state index in [-0.39, 0.29) is 30.7 Å². The summed E-state index contributed by atoms with van der Waals surface area (Å²) in [6, 6.07) is 0. The largest absolute Gasteiger partial charge is 0.347 e. The van der Waals surface area contributed by atoms with E-state index >= 15 is 0 Å². The number of allylic oxidation sites excluding steroid dienone is 7. The topological polar surface area (TPSA) is 32.3 Å². The minimum atomic E-state index is 0. The van der Waals surface area contributed by atoms with E-state index in [9.17, 15) is 4.79 Å². The SMILES string of the molecule is CC(C)=CCCC(C)=CCCC(C)=CCCC(C)=CC(=O)NCC[N+](C)(C)CCN(C)C.Cl.Cl. The lowest BCUT2D eigenvalue weighted by Crippen LogP contribution is -2.48. The molecule has 4 nitrogen and oxygen atoms in total. The summed E-state index contributed by atoms with van der Waals surface area (Å²) in [6.45, 7) is 14.6. The van der Waals surface area contributed by atoms with Gasteiger partial charge in [0.15, 0.2) is 0 Å². The molecule has 0 aromatic heterocycles. The maximum absolute atomic E-state index is 12.2. The first kappa shape index (κ1) is 37.5.